The average Bonchev–Trinajstić information content (AvgIpc) is 2.98. The van der Waals surface area contributed by atoms with Crippen LogP contribution in [0.1, 0.15) is 18.4 Å². The lowest BCUT2D eigenvalue weighted by Gasteiger charge is -2.14. The Balaban J connectivity index is 2.48. The highest BCUT2D eigenvalue weighted by Crippen LogP contribution is 2.51. The summed E-state index contributed by atoms with van der Waals surface area (Å²) in [6, 6.07) is 5.09. The van der Waals surface area contributed by atoms with Gasteiger partial charge in [0.25, 0.3) is 0 Å². The zero-order chi connectivity index (χ0) is 11.1. The van der Waals surface area contributed by atoms with Gasteiger partial charge < -0.3 is 9.84 Å². The van der Waals surface area contributed by atoms with Gasteiger partial charge in [-0.25, -0.2) is 0 Å². The SMILES string of the molecule is COc1cc(Cl)ccc1C1(C(=O)O)CC1. The molecule has 1 saturated carbocycles. The molecule has 1 aliphatic rings. The van der Waals surface area contributed by atoms with Crippen molar-refractivity contribution in [1.82, 2.24) is 0 Å². The Labute approximate surface area is 92.6 Å². The molecule has 3 nitrogen and oxygen atoms in total. The van der Waals surface area contributed by atoms with Gasteiger partial charge in [-0.1, -0.05) is 17.7 Å². The molecule has 0 spiro atoms. The van der Waals surface area contributed by atoms with Crippen molar-refractivity contribution in [1.29, 1.82) is 0 Å². The number of ether oxygens (including phenoxy) is 1. The molecular formula is C11H11ClO3. The van der Waals surface area contributed by atoms with Gasteiger partial charge >= 0.3 is 5.97 Å². The van der Waals surface area contributed by atoms with Crippen LogP contribution in [-0.2, 0) is 10.2 Å². The van der Waals surface area contributed by atoms with E-state index < -0.39 is 11.4 Å². The number of benzene rings is 1. The highest BCUT2D eigenvalue weighted by atomic mass is 35.5. The van der Waals surface area contributed by atoms with Crippen molar-refractivity contribution in [3.8, 4) is 5.75 Å². The highest BCUT2D eigenvalue weighted by Gasteiger charge is 2.53. The second-order valence-electron chi connectivity index (χ2n) is 3.73. The van der Waals surface area contributed by atoms with Crippen LogP contribution in [0.5, 0.6) is 5.75 Å². The van der Waals surface area contributed by atoms with Gasteiger partial charge in [0.05, 0.1) is 12.5 Å². The van der Waals surface area contributed by atoms with Crippen molar-refractivity contribution in [2.24, 2.45) is 0 Å². The number of carbonyl (C=O) groups is 1. The van der Waals surface area contributed by atoms with Crippen LogP contribution in [-0.4, -0.2) is 18.2 Å². The fraction of sp³-hybridized carbons (Fsp3) is 0.364. The quantitative estimate of drug-likeness (QED) is 0.861. The molecule has 0 atom stereocenters. The summed E-state index contributed by atoms with van der Waals surface area (Å²) in [7, 11) is 1.52. The van der Waals surface area contributed by atoms with E-state index in [1.165, 1.54) is 7.11 Å². The summed E-state index contributed by atoms with van der Waals surface area (Å²) in [5.74, 6) is -0.231. The molecule has 0 bridgehead atoms. The van der Waals surface area contributed by atoms with E-state index in [0.29, 0.717) is 23.6 Å². The molecule has 0 amide bonds. The van der Waals surface area contributed by atoms with Gasteiger partial charge in [0, 0.05) is 10.6 Å². The van der Waals surface area contributed by atoms with Crippen molar-refractivity contribution in [2.45, 2.75) is 18.3 Å². The zero-order valence-electron chi connectivity index (χ0n) is 8.29. The van der Waals surface area contributed by atoms with E-state index >= 15 is 0 Å². The fourth-order valence-corrected chi connectivity index (χ4v) is 1.95. The predicted molar refractivity (Wildman–Crippen MR) is 56.6 cm³/mol. The number of hydrogen-bond donors (Lipinski definition) is 1. The lowest BCUT2D eigenvalue weighted by molar-refractivity contribution is -0.140. The molecular weight excluding hydrogens is 216 g/mol. The van der Waals surface area contributed by atoms with Gasteiger partial charge in [-0.05, 0) is 25.0 Å². The van der Waals surface area contributed by atoms with Crippen LogP contribution >= 0.6 is 11.6 Å². The van der Waals surface area contributed by atoms with E-state index in [4.69, 9.17) is 21.4 Å². The van der Waals surface area contributed by atoms with Crippen LogP contribution in [0.4, 0.5) is 0 Å². The Morgan fingerprint density at radius 2 is 2.20 bits per heavy atom. The zero-order valence-corrected chi connectivity index (χ0v) is 9.04. The van der Waals surface area contributed by atoms with Crippen LogP contribution in [0.2, 0.25) is 5.02 Å². The number of carboxylic acids is 1. The van der Waals surface area contributed by atoms with Crippen molar-refractivity contribution in [3.05, 3.63) is 28.8 Å². The molecule has 1 aliphatic carbocycles. The van der Waals surface area contributed by atoms with Gasteiger partial charge in [0.1, 0.15) is 5.75 Å². The predicted octanol–water partition coefficient (Wildman–Crippen LogP) is 2.46. The minimum absolute atomic E-state index is 0.553. The molecule has 2 rings (SSSR count). The maximum absolute atomic E-state index is 11.1. The normalized spacial score (nSPS) is 17.2. The molecule has 1 aromatic rings. The van der Waals surface area contributed by atoms with Crippen LogP contribution < -0.4 is 4.74 Å². The average molecular weight is 227 g/mol. The van der Waals surface area contributed by atoms with Crippen LogP contribution in [0.3, 0.4) is 0 Å². The number of halogens is 1. The Kier molecular flexibility index (Phi) is 2.35. The summed E-state index contributed by atoms with van der Waals surface area (Å²) in [5, 5.41) is 9.71. The van der Waals surface area contributed by atoms with Crippen molar-refractivity contribution < 1.29 is 14.6 Å². The fourth-order valence-electron chi connectivity index (χ4n) is 1.78. The second kappa shape index (κ2) is 3.42. The van der Waals surface area contributed by atoms with E-state index in [1.807, 2.05) is 0 Å². The first-order chi connectivity index (χ1) is 7.10. The third-order valence-electron chi connectivity index (χ3n) is 2.84. The Morgan fingerprint density at radius 3 is 2.67 bits per heavy atom. The lowest BCUT2D eigenvalue weighted by atomic mass is 9.95. The summed E-state index contributed by atoms with van der Waals surface area (Å²) in [4.78, 5) is 11.1. The molecule has 0 saturated heterocycles. The largest absolute Gasteiger partial charge is 0.496 e. The first-order valence-corrected chi connectivity index (χ1v) is 5.05. The number of rotatable bonds is 3. The van der Waals surface area contributed by atoms with E-state index in [1.54, 1.807) is 18.2 Å². The standard InChI is InChI=1S/C11H11ClO3/c1-15-9-6-7(12)2-3-8(9)11(4-5-11)10(13)14/h2-3,6H,4-5H2,1H3,(H,13,14). The monoisotopic (exact) mass is 226 g/mol. The van der Waals surface area contributed by atoms with Crippen molar-refractivity contribution in [3.63, 3.8) is 0 Å². The Hall–Kier alpha value is -1.22. The highest BCUT2D eigenvalue weighted by molar-refractivity contribution is 6.30. The summed E-state index contributed by atoms with van der Waals surface area (Å²) < 4.78 is 5.15. The maximum Gasteiger partial charge on any atom is 0.314 e. The summed E-state index contributed by atoms with van der Waals surface area (Å²) in [6.07, 6.45) is 1.33. The summed E-state index contributed by atoms with van der Waals surface area (Å²) in [5.41, 5.74) is -0.0162. The third kappa shape index (κ3) is 1.57. The molecule has 15 heavy (non-hydrogen) atoms. The minimum atomic E-state index is -0.789. The number of methoxy groups -OCH3 is 1. The molecule has 80 valence electrons. The van der Waals surface area contributed by atoms with Gasteiger partial charge in [-0.2, -0.15) is 0 Å². The van der Waals surface area contributed by atoms with Gasteiger partial charge in [0.15, 0.2) is 0 Å². The van der Waals surface area contributed by atoms with E-state index in [0.717, 1.165) is 5.56 Å². The number of carboxylic acid groups (broad SMARTS) is 1. The summed E-state index contributed by atoms with van der Waals surface area (Å²) >= 11 is 5.82. The number of aliphatic carboxylic acids is 1. The third-order valence-corrected chi connectivity index (χ3v) is 3.07. The molecule has 0 unspecified atom stereocenters. The van der Waals surface area contributed by atoms with Crippen LogP contribution in [0.15, 0.2) is 18.2 Å². The van der Waals surface area contributed by atoms with Crippen molar-refractivity contribution >= 4 is 17.6 Å². The lowest BCUT2D eigenvalue weighted by Crippen LogP contribution is -2.20. The second-order valence-corrected chi connectivity index (χ2v) is 4.17. The van der Waals surface area contributed by atoms with E-state index in [2.05, 4.69) is 0 Å². The molecule has 0 radical (unpaired) electrons. The van der Waals surface area contributed by atoms with Crippen LogP contribution in [0.25, 0.3) is 0 Å². The molecule has 0 aliphatic heterocycles. The Bertz CT molecular complexity index is 410. The molecule has 0 aromatic heterocycles. The molecule has 1 aromatic carbocycles. The van der Waals surface area contributed by atoms with Crippen LogP contribution in [0, 0.1) is 0 Å². The maximum atomic E-state index is 11.1. The minimum Gasteiger partial charge on any atom is -0.496 e. The van der Waals surface area contributed by atoms with Gasteiger partial charge in [-0.3, -0.25) is 4.79 Å². The molecule has 0 heterocycles. The first kappa shape index (κ1) is 10.3. The Morgan fingerprint density at radius 1 is 1.53 bits per heavy atom. The topological polar surface area (TPSA) is 46.5 Å². The number of hydrogen-bond acceptors (Lipinski definition) is 2. The van der Waals surface area contributed by atoms with Gasteiger partial charge in [-0.15, -0.1) is 0 Å². The van der Waals surface area contributed by atoms with Crippen molar-refractivity contribution in [2.75, 3.05) is 7.11 Å². The first-order valence-electron chi connectivity index (χ1n) is 4.67. The summed E-state index contributed by atoms with van der Waals surface area (Å²) in [6.45, 7) is 0. The smallest absolute Gasteiger partial charge is 0.314 e. The van der Waals surface area contributed by atoms with Gasteiger partial charge in [0.2, 0.25) is 0 Å². The van der Waals surface area contributed by atoms with E-state index in [-0.39, 0.29) is 0 Å². The molecule has 4 heteroatoms. The molecule has 1 N–H and O–H groups in total. The van der Waals surface area contributed by atoms with E-state index in [9.17, 15) is 4.79 Å². The molecule has 1 fully saturated rings.